The number of rotatable bonds is 5. The molecular formula is C19H20FNO4. The van der Waals surface area contributed by atoms with Crippen molar-refractivity contribution in [2.75, 3.05) is 20.3 Å². The van der Waals surface area contributed by atoms with Crippen molar-refractivity contribution in [3.63, 3.8) is 0 Å². The number of para-hydroxylation sites is 2. The topological polar surface area (TPSA) is 59.0 Å². The van der Waals surface area contributed by atoms with Gasteiger partial charge in [-0.3, -0.25) is 4.79 Å². The van der Waals surface area contributed by atoms with Crippen LogP contribution in [0.2, 0.25) is 0 Å². The Labute approximate surface area is 145 Å². The van der Waals surface area contributed by atoms with E-state index in [4.69, 9.17) is 9.47 Å². The van der Waals surface area contributed by atoms with Crippen LogP contribution in [0.15, 0.2) is 48.5 Å². The Kier molecular flexibility index (Phi) is 5.19. The minimum atomic E-state index is -0.636. The average Bonchev–Trinajstić information content (AvgIpc) is 3.02. The van der Waals surface area contributed by atoms with E-state index in [0.717, 1.165) is 0 Å². The molecule has 2 atom stereocenters. The molecule has 1 amide bonds. The molecule has 1 heterocycles. The summed E-state index contributed by atoms with van der Waals surface area (Å²) in [6.07, 6.45) is -0.257. The van der Waals surface area contributed by atoms with E-state index >= 15 is 0 Å². The summed E-state index contributed by atoms with van der Waals surface area (Å²) in [7, 11) is 1.53. The number of carbonyl (C=O) groups excluding carboxylic acids is 1. The number of halogens is 1. The summed E-state index contributed by atoms with van der Waals surface area (Å²) >= 11 is 0. The van der Waals surface area contributed by atoms with E-state index in [1.54, 1.807) is 30.3 Å². The number of ether oxygens (including phenoxy) is 2. The van der Waals surface area contributed by atoms with Crippen molar-refractivity contribution in [2.45, 2.75) is 18.6 Å². The maximum atomic E-state index is 13.5. The summed E-state index contributed by atoms with van der Waals surface area (Å²) in [4.78, 5) is 14.1. The molecule has 132 valence electrons. The fourth-order valence-electron chi connectivity index (χ4n) is 3.08. The molecule has 5 nitrogen and oxygen atoms in total. The van der Waals surface area contributed by atoms with Crippen LogP contribution < -0.4 is 9.47 Å². The number of likely N-dealkylation sites (tertiary alicyclic amines) is 1. The van der Waals surface area contributed by atoms with Crippen molar-refractivity contribution in [2.24, 2.45) is 0 Å². The van der Waals surface area contributed by atoms with Crippen LogP contribution in [-0.4, -0.2) is 42.3 Å². The van der Waals surface area contributed by atoms with Crippen LogP contribution in [0.1, 0.15) is 18.0 Å². The van der Waals surface area contributed by atoms with Gasteiger partial charge in [0.15, 0.2) is 18.1 Å². The van der Waals surface area contributed by atoms with Crippen molar-refractivity contribution in [1.29, 1.82) is 0 Å². The van der Waals surface area contributed by atoms with Crippen molar-refractivity contribution in [3.05, 3.63) is 59.9 Å². The van der Waals surface area contributed by atoms with Gasteiger partial charge in [0.1, 0.15) is 5.82 Å². The number of amides is 1. The zero-order valence-electron chi connectivity index (χ0n) is 13.9. The Morgan fingerprint density at radius 1 is 1.24 bits per heavy atom. The maximum Gasteiger partial charge on any atom is 0.261 e. The lowest BCUT2D eigenvalue weighted by Gasteiger charge is -2.25. The molecule has 25 heavy (non-hydrogen) atoms. The van der Waals surface area contributed by atoms with Crippen molar-refractivity contribution < 1.29 is 23.8 Å². The number of methoxy groups -OCH3 is 1. The third kappa shape index (κ3) is 3.91. The Bertz CT molecular complexity index is 752. The van der Waals surface area contributed by atoms with Gasteiger partial charge in [0.25, 0.3) is 5.91 Å². The molecule has 0 aromatic heterocycles. The lowest BCUT2D eigenvalue weighted by atomic mass is 10.0. The van der Waals surface area contributed by atoms with Gasteiger partial charge < -0.3 is 19.5 Å². The quantitative estimate of drug-likeness (QED) is 0.905. The number of aliphatic hydroxyl groups excluding tert-OH is 1. The summed E-state index contributed by atoms with van der Waals surface area (Å²) < 4.78 is 24.3. The third-order valence-corrected chi connectivity index (χ3v) is 4.25. The van der Waals surface area contributed by atoms with Gasteiger partial charge >= 0.3 is 0 Å². The number of β-amino-alcohol motifs (C(OH)–C–C–N with tert-alkyl or cyclic N) is 1. The zero-order valence-corrected chi connectivity index (χ0v) is 13.9. The van der Waals surface area contributed by atoms with Gasteiger partial charge in [-0.15, -0.1) is 0 Å². The summed E-state index contributed by atoms with van der Waals surface area (Å²) in [5.41, 5.74) is 0.669. The monoisotopic (exact) mass is 345 g/mol. The van der Waals surface area contributed by atoms with E-state index in [0.29, 0.717) is 23.5 Å². The van der Waals surface area contributed by atoms with Gasteiger partial charge in [-0.25, -0.2) is 4.39 Å². The fourth-order valence-corrected chi connectivity index (χ4v) is 3.08. The number of aliphatic hydroxyl groups is 1. The number of hydrogen-bond donors (Lipinski definition) is 1. The second-order valence-corrected chi connectivity index (χ2v) is 5.95. The highest BCUT2D eigenvalue weighted by Crippen LogP contribution is 2.33. The molecule has 0 radical (unpaired) electrons. The van der Waals surface area contributed by atoms with E-state index < -0.39 is 6.10 Å². The predicted molar refractivity (Wildman–Crippen MR) is 90.0 cm³/mol. The highest BCUT2D eigenvalue weighted by atomic mass is 19.1. The Balaban J connectivity index is 1.71. The molecule has 1 N–H and O–H groups in total. The molecule has 6 heteroatoms. The molecule has 1 aliphatic rings. The first kappa shape index (κ1) is 17.2. The van der Waals surface area contributed by atoms with Crippen LogP contribution in [0, 0.1) is 5.82 Å². The van der Waals surface area contributed by atoms with Gasteiger partial charge in [-0.05, 0) is 36.2 Å². The molecule has 0 aliphatic carbocycles. The second kappa shape index (κ2) is 7.53. The Morgan fingerprint density at radius 3 is 2.72 bits per heavy atom. The summed E-state index contributed by atoms with van der Waals surface area (Å²) in [6, 6.07) is 12.8. The molecule has 0 unspecified atom stereocenters. The summed E-state index contributed by atoms with van der Waals surface area (Å²) in [5.74, 6) is 0.382. The lowest BCUT2D eigenvalue weighted by Crippen LogP contribution is -2.35. The van der Waals surface area contributed by atoms with Gasteiger partial charge in [-0.2, -0.15) is 0 Å². The van der Waals surface area contributed by atoms with Crippen LogP contribution in [0.3, 0.4) is 0 Å². The molecule has 0 spiro atoms. The van der Waals surface area contributed by atoms with Gasteiger partial charge in [0.05, 0.1) is 19.3 Å². The minimum absolute atomic E-state index is 0.182. The van der Waals surface area contributed by atoms with E-state index in [1.807, 2.05) is 6.07 Å². The standard InChI is InChI=1S/C19H20FNO4/c1-24-17-7-2-3-8-18(17)25-12-19(23)21-11-15(22)10-16(21)13-5-4-6-14(20)9-13/h2-9,15-16,22H,10-12H2,1H3/t15-,16+/m1/s1. The minimum Gasteiger partial charge on any atom is -0.493 e. The molecule has 1 fully saturated rings. The van der Waals surface area contributed by atoms with E-state index in [9.17, 15) is 14.3 Å². The number of nitrogens with zero attached hydrogens (tertiary/aromatic N) is 1. The largest absolute Gasteiger partial charge is 0.493 e. The van der Waals surface area contributed by atoms with Crippen LogP contribution in [0.5, 0.6) is 11.5 Å². The lowest BCUT2D eigenvalue weighted by molar-refractivity contribution is -0.134. The van der Waals surface area contributed by atoms with Gasteiger partial charge in [0.2, 0.25) is 0 Å². The third-order valence-electron chi connectivity index (χ3n) is 4.25. The van der Waals surface area contributed by atoms with Crippen LogP contribution >= 0.6 is 0 Å². The van der Waals surface area contributed by atoms with E-state index in [1.165, 1.54) is 24.1 Å². The van der Waals surface area contributed by atoms with Gasteiger partial charge in [0, 0.05) is 6.54 Å². The number of carbonyl (C=O) groups is 1. The summed E-state index contributed by atoms with van der Waals surface area (Å²) in [5, 5.41) is 9.97. The smallest absolute Gasteiger partial charge is 0.261 e. The molecular weight excluding hydrogens is 325 g/mol. The SMILES string of the molecule is COc1ccccc1OCC(=O)N1C[C@H](O)C[C@H]1c1cccc(F)c1. The molecule has 3 rings (SSSR count). The highest BCUT2D eigenvalue weighted by molar-refractivity contribution is 5.78. The first-order valence-corrected chi connectivity index (χ1v) is 8.07. The number of benzene rings is 2. The molecule has 2 aromatic carbocycles. The van der Waals surface area contributed by atoms with Crippen molar-refractivity contribution in [3.8, 4) is 11.5 Å². The van der Waals surface area contributed by atoms with Crippen molar-refractivity contribution >= 4 is 5.91 Å². The maximum absolute atomic E-state index is 13.5. The van der Waals surface area contributed by atoms with Crippen LogP contribution in [-0.2, 0) is 4.79 Å². The van der Waals surface area contributed by atoms with E-state index in [2.05, 4.69) is 0 Å². The Hall–Kier alpha value is -2.60. The predicted octanol–water partition coefficient (Wildman–Crippen LogP) is 2.55. The first-order valence-electron chi connectivity index (χ1n) is 8.07. The number of hydrogen-bond acceptors (Lipinski definition) is 4. The Morgan fingerprint density at radius 2 is 2.00 bits per heavy atom. The zero-order chi connectivity index (χ0) is 17.8. The first-order chi connectivity index (χ1) is 12.1. The van der Waals surface area contributed by atoms with Gasteiger partial charge in [-0.1, -0.05) is 24.3 Å². The van der Waals surface area contributed by atoms with Crippen molar-refractivity contribution in [1.82, 2.24) is 4.90 Å². The second-order valence-electron chi connectivity index (χ2n) is 5.95. The van der Waals surface area contributed by atoms with Crippen LogP contribution in [0.25, 0.3) is 0 Å². The highest BCUT2D eigenvalue weighted by Gasteiger charge is 2.35. The van der Waals surface area contributed by atoms with E-state index in [-0.39, 0.29) is 30.9 Å². The van der Waals surface area contributed by atoms with Crippen LogP contribution in [0.4, 0.5) is 4.39 Å². The molecule has 0 bridgehead atoms. The fraction of sp³-hybridized carbons (Fsp3) is 0.316. The molecule has 0 saturated carbocycles. The molecule has 2 aromatic rings. The molecule has 1 saturated heterocycles. The summed E-state index contributed by atoms with van der Waals surface area (Å²) in [6.45, 7) is 0.0220. The normalized spacial score (nSPS) is 19.7. The molecule has 1 aliphatic heterocycles. The average molecular weight is 345 g/mol.